The summed E-state index contributed by atoms with van der Waals surface area (Å²) in [6.45, 7) is 4.89. The zero-order valence-electron chi connectivity index (χ0n) is 13.9. The van der Waals surface area contributed by atoms with Gasteiger partial charge in [-0.2, -0.15) is 8.42 Å². The molecule has 0 saturated carbocycles. The van der Waals surface area contributed by atoms with Crippen molar-refractivity contribution in [3.8, 4) is 5.75 Å². The quantitative estimate of drug-likeness (QED) is 0.441. The summed E-state index contributed by atoms with van der Waals surface area (Å²) in [6, 6.07) is 5.92. The van der Waals surface area contributed by atoms with E-state index in [-0.39, 0.29) is 5.75 Å². The third-order valence-electron chi connectivity index (χ3n) is 3.68. The molecule has 1 aromatic rings. The fourth-order valence-corrected chi connectivity index (χ4v) is 3.08. The van der Waals surface area contributed by atoms with Crippen molar-refractivity contribution < 1.29 is 17.7 Å². The summed E-state index contributed by atoms with van der Waals surface area (Å²) in [5.74, 6) is 1.03. The molecule has 1 rings (SSSR count). The highest BCUT2D eigenvalue weighted by Gasteiger charge is 2.06. The van der Waals surface area contributed by atoms with Gasteiger partial charge in [0, 0.05) is 0 Å². The van der Waals surface area contributed by atoms with Crippen LogP contribution in [0.2, 0.25) is 5.02 Å². The zero-order chi connectivity index (χ0) is 17.3. The number of unbranched alkanes of at least 4 members (excludes halogenated alkanes) is 5. The van der Waals surface area contributed by atoms with E-state index in [4.69, 9.17) is 20.9 Å². The van der Waals surface area contributed by atoms with Gasteiger partial charge in [-0.1, -0.05) is 57.2 Å². The smallest absolute Gasteiger partial charge is 0.264 e. The molecular weight excluding hydrogens is 336 g/mol. The summed E-state index contributed by atoms with van der Waals surface area (Å²) in [4.78, 5) is 0. The first-order valence-electron chi connectivity index (χ1n) is 8.17. The molecule has 1 N–H and O–H groups in total. The Morgan fingerprint density at radius 2 is 1.70 bits per heavy atom. The van der Waals surface area contributed by atoms with Crippen molar-refractivity contribution in [3.63, 3.8) is 0 Å². The molecule has 0 bridgehead atoms. The molecule has 6 heteroatoms. The van der Waals surface area contributed by atoms with E-state index in [0.29, 0.717) is 24.0 Å². The van der Waals surface area contributed by atoms with Crippen molar-refractivity contribution in [2.45, 2.75) is 58.3 Å². The Hall–Kier alpha value is -0.780. The Morgan fingerprint density at radius 1 is 1.09 bits per heavy atom. The van der Waals surface area contributed by atoms with Crippen molar-refractivity contribution >= 4 is 21.7 Å². The molecule has 0 fully saturated rings. The normalized spacial score (nSPS) is 11.9. The molecule has 0 heterocycles. The second-order valence-corrected chi connectivity index (χ2v) is 8.08. The van der Waals surface area contributed by atoms with Gasteiger partial charge in [-0.3, -0.25) is 4.55 Å². The first-order valence-corrected chi connectivity index (χ1v) is 10.2. The monoisotopic (exact) mass is 362 g/mol. The Labute approximate surface area is 144 Å². The van der Waals surface area contributed by atoms with Crippen LogP contribution in [0.15, 0.2) is 18.2 Å². The molecule has 1 aromatic carbocycles. The van der Waals surface area contributed by atoms with E-state index in [1.807, 2.05) is 18.2 Å². The first-order chi connectivity index (χ1) is 10.8. The molecule has 0 aliphatic rings. The minimum absolute atomic E-state index is 0.138. The predicted octanol–water partition coefficient (Wildman–Crippen LogP) is 5.07. The standard InChI is InChI=1S/C17H27ClO4S/c1-14(2)15-9-10-17(16(18)13-15)22-11-7-5-3-4-6-8-12-23(19,20)21/h9-10,13-14H,3-8,11-12H2,1-2H3,(H,19,20,21). The third kappa shape index (κ3) is 9.18. The highest BCUT2D eigenvalue weighted by atomic mass is 35.5. The van der Waals surface area contributed by atoms with Gasteiger partial charge in [-0.15, -0.1) is 0 Å². The van der Waals surface area contributed by atoms with Crippen LogP contribution in [0.4, 0.5) is 0 Å². The molecule has 0 radical (unpaired) electrons. The number of hydrogen-bond donors (Lipinski definition) is 1. The van der Waals surface area contributed by atoms with Crippen LogP contribution in [0.5, 0.6) is 5.75 Å². The zero-order valence-corrected chi connectivity index (χ0v) is 15.5. The summed E-state index contributed by atoms with van der Waals surface area (Å²) in [5, 5.41) is 0.654. The molecule has 0 amide bonds. The fraction of sp³-hybridized carbons (Fsp3) is 0.647. The van der Waals surface area contributed by atoms with Gasteiger partial charge in [-0.25, -0.2) is 0 Å². The lowest BCUT2D eigenvalue weighted by Crippen LogP contribution is -2.03. The molecule has 0 saturated heterocycles. The van der Waals surface area contributed by atoms with Gasteiger partial charge in [0.25, 0.3) is 10.1 Å². The van der Waals surface area contributed by atoms with E-state index in [2.05, 4.69) is 13.8 Å². The van der Waals surface area contributed by atoms with Crippen LogP contribution in [0, 0.1) is 0 Å². The van der Waals surface area contributed by atoms with Gasteiger partial charge in [0.15, 0.2) is 0 Å². The van der Waals surface area contributed by atoms with Gasteiger partial charge >= 0.3 is 0 Å². The van der Waals surface area contributed by atoms with Crippen molar-refractivity contribution in [2.75, 3.05) is 12.4 Å². The second-order valence-electron chi connectivity index (χ2n) is 6.10. The van der Waals surface area contributed by atoms with Crippen LogP contribution in [-0.2, 0) is 10.1 Å². The van der Waals surface area contributed by atoms with Crippen molar-refractivity contribution in [2.24, 2.45) is 0 Å². The molecule has 0 aliphatic heterocycles. The first kappa shape index (κ1) is 20.3. The van der Waals surface area contributed by atoms with Gasteiger partial charge < -0.3 is 4.74 Å². The van der Waals surface area contributed by atoms with Crippen LogP contribution in [-0.4, -0.2) is 25.3 Å². The Morgan fingerprint density at radius 3 is 2.26 bits per heavy atom. The second kappa shape index (κ2) is 10.2. The number of benzene rings is 1. The van der Waals surface area contributed by atoms with Crippen LogP contribution in [0.1, 0.15) is 63.9 Å². The molecule has 0 aromatic heterocycles. The number of hydrogen-bond acceptors (Lipinski definition) is 3. The molecule has 4 nitrogen and oxygen atoms in total. The van der Waals surface area contributed by atoms with Gasteiger partial charge in [-0.05, 0) is 36.5 Å². The summed E-state index contributed by atoms with van der Waals surface area (Å²) >= 11 is 6.21. The molecule has 132 valence electrons. The molecule has 0 unspecified atom stereocenters. The van der Waals surface area contributed by atoms with E-state index in [1.165, 1.54) is 5.56 Å². The minimum atomic E-state index is -3.80. The molecule has 0 spiro atoms. The highest BCUT2D eigenvalue weighted by Crippen LogP contribution is 2.28. The highest BCUT2D eigenvalue weighted by molar-refractivity contribution is 7.85. The number of rotatable bonds is 11. The van der Waals surface area contributed by atoms with E-state index >= 15 is 0 Å². The average Bonchev–Trinajstić information content (AvgIpc) is 2.45. The van der Waals surface area contributed by atoms with Gasteiger partial charge in [0.05, 0.1) is 17.4 Å². The molecule has 0 aliphatic carbocycles. The summed E-state index contributed by atoms with van der Waals surface area (Å²) in [5.41, 5.74) is 1.20. The van der Waals surface area contributed by atoms with Crippen molar-refractivity contribution in [1.29, 1.82) is 0 Å². The maximum atomic E-state index is 10.6. The van der Waals surface area contributed by atoms with E-state index in [9.17, 15) is 8.42 Å². The average molecular weight is 363 g/mol. The summed E-state index contributed by atoms with van der Waals surface area (Å²) < 4.78 is 35.4. The van der Waals surface area contributed by atoms with Crippen LogP contribution < -0.4 is 4.74 Å². The lowest BCUT2D eigenvalue weighted by Gasteiger charge is -2.11. The van der Waals surface area contributed by atoms with E-state index in [1.54, 1.807) is 0 Å². The van der Waals surface area contributed by atoms with Crippen molar-refractivity contribution in [1.82, 2.24) is 0 Å². The summed E-state index contributed by atoms with van der Waals surface area (Å²) in [7, 11) is -3.80. The lowest BCUT2D eigenvalue weighted by molar-refractivity contribution is 0.304. The van der Waals surface area contributed by atoms with E-state index < -0.39 is 10.1 Å². The largest absolute Gasteiger partial charge is 0.492 e. The molecular formula is C17H27ClO4S. The molecule has 0 atom stereocenters. The summed E-state index contributed by atoms with van der Waals surface area (Å²) in [6.07, 6.45) is 5.33. The van der Waals surface area contributed by atoms with Gasteiger partial charge in [0.1, 0.15) is 5.75 Å². The maximum absolute atomic E-state index is 10.6. The van der Waals surface area contributed by atoms with Crippen LogP contribution in [0.3, 0.4) is 0 Å². The minimum Gasteiger partial charge on any atom is -0.492 e. The van der Waals surface area contributed by atoms with E-state index in [0.717, 1.165) is 37.9 Å². The van der Waals surface area contributed by atoms with Crippen LogP contribution >= 0.6 is 11.6 Å². The SMILES string of the molecule is CC(C)c1ccc(OCCCCCCCCS(=O)(=O)O)c(Cl)c1. The fourth-order valence-electron chi connectivity index (χ4n) is 2.27. The molecule has 23 heavy (non-hydrogen) atoms. The Kier molecular flexibility index (Phi) is 8.95. The third-order valence-corrected chi connectivity index (χ3v) is 4.78. The maximum Gasteiger partial charge on any atom is 0.264 e. The Balaban J connectivity index is 2.11. The predicted molar refractivity (Wildman–Crippen MR) is 95.2 cm³/mol. The van der Waals surface area contributed by atoms with Gasteiger partial charge in [0.2, 0.25) is 0 Å². The number of halogens is 1. The Bertz CT molecular complexity index is 570. The topological polar surface area (TPSA) is 63.6 Å². The number of ether oxygens (including phenoxy) is 1. The lowest BCUT2D eigenvalue weighted by atomic mass is 10.0. The van der Waals surface area contributed by atoms with Crippen molar-refractivity contribution in [3.05, 3.63) is 28.8 Å². The van der Waals surface area contributed by atoms with Crippen LogP contribution in [0.25, 0.3) is 0 Å².